The first-order valence-electron chi connectivity index (χ1n) is 16.1. The third-order valence-electron chi connectivity index (χ3n) is 8.73. The normalized spacial score (nSPS) is 15.0. The Bertz CT molecular complexity index is 1620. The Balaban J connectivity index is 1.62. The van der Waals surface area contributed by atoms with E-state index in [-0.39, 0.29) is 6.42 Å². The van der Waals surface area contributed by atoms with Crippen molar-refractivity contribution < 1.29 is 48.5 Å². The van der Waals surface area contributed by atoms with Crippen molar-refractivity contribution in [1.29, 1.82) is 0 Å². The molecule has 2 aliphatic rings. The maximum Gasteiger partial charge on any atom is 0.488 e. The standard InChI is InChI=1S/C36H40B2O10/c1-43-33-27-16-25-7-3-5-23-15-24-6-4-8-26(36(24)48-14-12-46-10-9-45-11-13-47-35(23)25)17-28-20-32(38(41)42)22-30(34(28)44-2)18-29(33)21-31(19-27)37(39)40/h3-8,19-22,39-42H,9-18H2,1-2H3. The van der Waals surface area contributed by atoms with Crippen molar-refractivity contribution in [3.8, 4) is 23.0 Å². The fourth-order valence-corrected chi connectivity index (χ4v) is 6.66. The average Bonchev–Trinajstić information content (AvgIpc) is 3.07. The van der Waals surface area contributed by atoms with Crippen LogP contribution < -0.4 is 29.9 Å². The molecule has 250 valence electrons. The van der Waals surface area contributed by atoms with E-state index in [9.17, 15) is 20.1 Å². The van der Waals surface area contributed by atoms with E-state index in [2.05, 4.69) is 0 Å². The number of methoxy groups -OCH3 is 2. The van der Waals surface area contributed by atoms with Gasteiger partial charge in [-0.05, 0) is 55.4 Å². The van der Waals surface area contributed by atoms with Gasteiger partial charge in [-0.25, -0.2) is 0 Å². The Morgan fingerprint density at radius 2 is 0.792 bits per heavy atom. The molecule has 0 saturated heterocycles. The Morgan fingerprint density at radius 3 is 1.12 bits per heavy atom. The maximum absolute atomic E-state index is 10.3. The minimum absolute atomic E-state index is 0.245. The largest absolute Gasteiger partial charge is 0.496 e. The molecule has 1 heterocycles. The van der Waals surface area contributed by atoms with Gasteiger partial charge in [0.25, 0.3) is 0 Å². The van der Waals surface area contributed by atoms with Crippen LogP contribution in [-0.2, 0) is 35.2 Å². The Kier molecular flexibility index (Phi) is 10.9. The maximum atomic E-state index is 10.3. The topological polar surface area (TPSA) is 136 Å². The predicted molar refractivity (Wildman–Crippen MR) is 182 cm³/mol. The van der Waals surface area contributed by atoms with Gasteiger partial charge in [0.05, 0.1) is 40.6 Å². The summed E-state index contributed by atoms with van der Waals surface area (Å²) in [5.74, 6) is 2.60. The number of fused-ring (bicyclic) bond motifs is 4. The molecule has 4 aromatic carbocycles. The summed E-state index contributed by atoms with van der Waals surface area (Å²) in [6.45, 7) is 2.28. The molecule has 4 N–H and O–H groups in total. The van der Waals surface area contributed by atoms with Gasteiger partial charge in [-0.2, -0.15) is 0 Å². The van der Waals surface area contributed by atoms with Crippen LogP contribution in [0.3, 0.4) is 0 Å². The van der Waals surface area contributed by atoms with Gasteiger partial charge in [0.2, 0.25) is 0 Å². The quantitative estimate of drug-likeness (QED) is 0.212. The minimum Gasteiger partial charge on any atom is -0.496 e. The van der Waals surface area contributed by atoms with E-state index >= 15 is 0 Å². The third kappa shape index (κ3) is 7.49. The summed E-state index contributed by atoms with van der Waals surface area (Å²) in [5, 5.41) is 41.4. The summed E-state index contributed by atoms with van der Waals surface area (Å²) in [5.41, 5.74) is 7.11. The van der Waals surface area contributed by atoms with Crippen LogP contribution in [0.4, 0.5) is 0 Å². The second-order valence-electron chi connectivity index (χ2n) is 11.9. The van der Waals surface area contributed by atoms with Gasteiger partial charge in [-0.3, -0.25) is 0 Å². The fraction of sp³-hybridized carbons (Fsp3) is 0.333. The van der Waals surface area contributed by atoms with Crippen LogP contribution in [0.15, 0.2) is 60.7 Å². The van der Waals surface area contributed by atoms with Gasteiger partial charge in [0, 0.05) is 25.7 Å². The van der Waals surface area contributed by atoms with Crippen molar-refractivity contribution in [2.24, 2.45) is 0 Å². The summed E-state index contributed by atoms with van der Waals surface area (Å²) in [7, 11) is -0.281. The van der Waals surface area contributed by atoms with E-state index in [0.717, 1.165) is 44.9 Å². The monoisotopic (exact) mass is 654 g/mol. The molecule has 4 aromatic rings. The molecule has 1 aliphatic heterocycles. The first kappa shape index (κ1) is 33.9. The van der Waals surface area contributed by atoms with E-state index in [0.29, 0.717) is 92.5 Å². The lowest BCUT2D eigenvalue weighted by Gasteiger charge is -2.23. The van der Waals surface area contributed by atoms with Crippen LogP contribution in [0.25, 0.3) is 0 Å². The van der Waals surface area contributed by atoms with E-state index in [1.165, 1.54) is 0 Å². The third-order valence-corrected chi connectivity index (χ3v) is 8.73. The van der Waals surface area contributed by atoms with E-state index in [1.54, 1.807) is 38.5 Å². The summed E-state index contributed by atoms with van der Waals surface area (Å²) in [6.07, 6.45) is 1.49. The lowest BCUT2D eigenvalue weighted by atomic mass is 9.75. The van der Waals surface area contributed by atoms with Crippen LogP contribution >= 0.6 is 0 Å². The van der Waals surface area contributed by atoms with Gasteiger partial charge >= 0.3 is 14.2 Å². The molecule has 0 fully saturated rings. The Morgan fingerprint density at radius 1 is 0.479 bits per heavy atom. The Hall–Kier alpha value is -4.03. The molecule has 6 rings (SSSR count). The Labute approximate surface area is 281 Å². The summed E-state index contributed by atoms with van der Waals surface area (Å²) in [6, 6.07) is 18.9. The number of hydrogen-bond donors (Lipinski definition) is 4. The SMILES string of the molecule is COc1c2cc(B(O)O)cc1Cc1cccc3c1OCCOCCOCCOc1c(cccc1C3)Cc1cc(B(O)O)cc(c1OC)C2. The molecule has 0 aromatic heterocycles. The second-order valence-corrected chi connectivity index (χ2v) is 11.9. The summed E-state index contributed by atoms with van der Waals surface area (Å²) >= 11 is 0. The number of para-hydroxylation sites is 2. The predicted octanol–water partition coefficient (Wildman–Crippen LogP) is 1.54. The molecule has 10 bridgehead atoms. The number of hydrogen-bond acceptors (Lipinski definition) is 10. The molecule has 0 unspecified atom stereocenters. The highest BCUT2D eigenvalue weighted by Crippen LogP contribution is 2.38. The van der Waals surface area contributed by atoms with Crippen molar-refractivity contribution in [2.45, 2.75) is 25.7 Å². The summed E-state index contributed by atoms with van der Waals surface area (Å²) in [4.78, 5) is 0. The highest BCUT2D eigenvalue weighted by Gasteiger charge is 2.25. The molecule has 0 atom stereocenters. The van der Waals surface area contributed by atoms with Gasteiger partial charge in [-0.15, -0.1) is 0 Å². The van der Waals surface area contributed by atoms with E-state index in [1.807, 2.05) is 36.4 Å². The van der Waals surface area contributed by atoms with E-state index in [4.69, 9.17) is 28.4 Å². The van der Waals surface area contributed by atoms with Crippen molar-refractivity contribution in [3.63, 3.8) is 0 Å². The molecular weight excluding hydrogens is 614 g/mol. The van der Waals surface area contributed by atoms with Crippen LogP contribution in [-0.4, -0.2) is 88.2 Å². The number of rotatable bonds is 4. The smallest absolute Gasteiger partial charge is 0.488 e. The molecule has 0 spiro atoms. The molecule has 0 amide bonds. The minimum atomic E-state index is -1.73. The zero-order valence-corrected chi connectivity index (χ0v) is 27.2. The van der Waals surface area contributed by atoms with Crippen LogP contribution in [0.5, 0.6) is 23.0 Å². The van der Waals surface area contributed by atoms with Crippen LogP contribution in [0, 0.1) is 0 Å². The second kappa shape index (κ2) is 15.5. The van der Waals surface area contributed by atoms with Gasteiger partial charge in [0.1, 0.15) is 36.2 Å². The molecule has 1 aliphatic carbocycles. The van der Waals surface area contributed by atoms with Gasteiger partial charge < -0.3 is 48.5 Å². The molecule has 48 heavy (non-hydrogen) atoms. The molecular formula is C36H40B2O10. The highest BCUT2D eigenvalue weighted by molar-refractivity contribution is 6.59. The van der Waals surface area contributed by atoms with E-state index < -0.39 is 14.2 Å². The zero-order valence-electron chi connectivity index (χ0n) is 27.2. The van der Waals surface area contributed by atoms with Crippen LogP contribution in [0.2, 0.25) is 0 Å². The fourth-order valence-electron chi connectivity index (χ4n) is 6.66. The number of benzene rings is 4. The summed E-state index contributed by atoms with van der Waals surface area (Å²) < 4.78 is 36.5. The lowest BCUT2D eigenvalue weighted by molar-refractivity contribution is 0.0273. The number of ether oxygens (including phenoxy) is 6. The molecule has 0 saturated carbocycles. The van der Waals surface area contributed by atoms with Crippen molar-refractivity contribution in [1.82, 2.24) is 0 Å². The average molecular weight is 654 g/mol. The van der Waals surface area contributed by atoms with Gasteiger partial charge in [-0.1, -0.05) is 60.7 Å². The molecule has 0 radical (unpaired) electrons. The first-order chi connectivity index (χ1) is 23.4. The van der Waals surface area contributed by atoms with Crippen molar-refractivity contribution in [3.05, 3.63) is 105 Å². The lowest BCUT2D eigenvalue weighted by Crippen LogP contribution is -2.32. The molecule has 10 nitrogen and oxygen atoms in total. The zero-order chi connectivity index (χ0) is 33.6. The van der Waals surface area contributed by atoms with Crippen molar-refractivity contribution >= 4 is 25.2 Å². The van der Waals surface area contributed by atoms with Gasteiger partial charge in [0.15, 0.2) is 0 Å². The van der Waals surface area contributed by atoms with Crippen LogP contribution in [0.1, 0.15) is 44.5 Å². The first-order valence-corrected chi connectivity index (χ1v) is 16.1. The molecule has 12 heteroatoms. The highest BCUT2D eigenvalue weighted by atomic mass is 16.6. The van der Waals surface area contributed by atoms with Crippen molar-refractivity contribution in [2.75, 3.05) is 53.9 Å².